The van der Waals surface area contributed by atoms with Gasteiger partial charge >= 0.3 is 5.97 Å². The Labute approximate surface area is 124 Å². The molecule has 0 spiro atoms. The van der Waals surface area contributed by atoms with Crippen LogP contribution in [0, 0.1) is 0 Å². The molecule has 0 atom stereocenters. The van der Waals surface area contributed by atoms with E-state index in [2.05, 4.69) is 10.3 Å². The van der Waals surface area contributed by atoms with E-state index in [1.807, 2.05) is 0 Å². The first-order valence-electron chi connectivity index (χ1n) is 5.42. The number of carbonyl (C=O) groups is 2. The van der Waals surface area contributed by atoms with Crippen molar-refractivity contribution in [2.45, 2.75) is 0 Å². The highest BCUT2D eigenvalue weighted by atomic mass is 35.5. The third-order valence-corrected chi connectivity index (χ3v) is 3.21. The van der Waals surface area contributed by atoms with Crippen LogP contribution in [-0.2, 0) is 0 Å². The molecule has 2 N–H and O–H groups in total. The normalized spacial score (nSPS) is 10.1. The Kier molecular flexibility index (Phi) is 4.22. The second-order valence-corrected chi connectivity index (χ2v) is 4.62. The summed E-state index contributed by atoms with van der Waals surface area (Å²) in [5, 5.41) is 12.2. The van der Waals surface area contributed by atoms with Crippen LogP contribution < -0.4 is 5.32 Å². The average molecular weight is 311 g/mol. The molecule has 0 unspecified atom stereocenters. The van der Waals surface area contributed by atoms with Crippen molar-refractivity contribution in [1.82, 2.24) is 4.98 Å². The Hall–Kier alpha value is -2.11. The van der Waals surface area contributed by atoms with Crippen molar-refractivity contribution in [2.75, 3.05) is 5.32 Å². The van der Waals surface area contributed by atoms with Crippen LogP contribution in [-0.4, -0.2) is 22.0 Å². The molecule has 1 aromatic carbocycles. The summed E-state index contributed by atoms with van der Waals surface area (Å²) in [6.07, 6.45) is 2.46. The molecule has 102 valence electrons. The lowest BCUT2D eigenvalue weighted by Gasteiger charge is -2.08. The number of amides is 1. The number of aromatic nitrogens is 1. The van der Waals surface area contributed by atoms with Gasteiger partial charge in [-0.1, -0.05) is 23.2 Å². The Morgan fingerprint density at radius 2 is 1.85 bits per heavy atom. The van der Waals surface area contributed by atoms with Gasteiger partial charge in [-0.3, -0.25) is 9.78 Å². The molecule has 0 radical (unpaired) electrons. The van der Waals surface area contributed by atoms with Gasteiger partial charge in [0.1, 0.15) is 0 Å². The van der Waals surface area contributed by atoms with Gasteiger partial charge in [-0.05, 0) is 24.3 Å². The molecule has 0 saturated heterocycles. The monoisotopic (exact) mass is 310 g/mol. The summed E-state index contributed by atoms with van der Waals surface area (Å²) in [5.74, 6) is -1.79. The summed E-state index contributed by atoms with van der Waals surface area (Å²) in [6.45, 7) is 0. The van der Waals surface area contributed by atoms with E-state index in [-0.39, 0.29) is 16.1 Å². The van der Waals surface area contributed by atoms with Crippen molar-refractivity contribution in [3.05, 3.63) is 57.8 Å². The van der Waals surface area contributed by atoms with E-state index in [1.165, 1.54) is 24.4 Å². The number of benzene rings is 1. The highest BCUT2D eigenvalue weighted by Gasteiger charge is 2.16. The van der Waals surface area contributed by atoms with Crippen molar-refractivity contribution >= 4 is 40.8 Å². The van der Waals surface area contributed by atoms with Crippen LogP contribution in [0.15, 0.2) is 36.7 Å². The maximum absolute atomic E-state index is 12.1. The van der Waals surface area contributed by atoms with Crippen molar-refractivity contribution < 1.29 is 14.7 Å². The maximum atomic E-state index is 12.1. The lowest BCUT2D eigenvalue weighted by Crippen LogP contribution is -2.16. The van der Waals surface area contributed by atoms with Crippen molar-refractivity contribution in [3.63, 3.8) is 0 Å². The van der Waals surface area contributed by atoms with Crippen molar-refractivity contribution in [1.29, 1.82) is 0 Å². The minimum absolute atomic E-state index is 0.0126. The second-order valence-electron chi connectivity index (χ2n) is 3.81. The van der Waals surface area contributed by atoms with Gasteiger partial charge in [-0.25, -0.2) is 4.79 Å². The van der Waals surface area contributed by atoms with Crippen LogP contribution in [0.1, 0.15) is 20.7 Å². The number of carboxylic acids is 1. The summed E-state index contributed by atoms with van der Waals surface area (Å²) < 4.78 is 0. The standard InChI is InChI=1S/C13H8Cl2N2O3/c14-10-2-1-7(5-11(10)15)17-12(18)8-3-4-16-6-9(8)13(19)20/h1-6H,(H,17,18)(H,19,20). The van der Waals surface area contributed by atoms with Crippen LogP contribution in [0.5, 0.6) is 0 Å². The highest BCUT2D eigenvalue weighted by molar-refractivity contribution is 6.42. The fourth-order valence-corrected chi connectivity index (χ4v) is 1.83. The molecule has 5 nitrogen and oxygen atoms in total. The van der Waals surface area contributed by atoms with Gasteiger partial charge in [0.25, 0.3) is 5.91 Å². The average Bonchev–Trinajstić information content (AvgIpc) is 2.43. The molecular formula is C13H8Cl2N2O3. The van der Waals surface area contributed by atoms with Crippen LogP contribution in [0.4, 0.5) is 5.69 Å². The van der Waals surface area contributed by atoms with Gasteiger partial charge in [0.2, 0.25) is 0 Å². The minimum Gasteiger partial charge on any atom is -0.478 e. The number of carbonyl (C=O) groups excluding carboxylic acids is 1. The number of nitrogens with zero attached hydrogens (tertiary/aromatic N) is 1. The molecular weight excluding hydrogens is 303 g/mol. The second kappa shape index (κ2) is 5.90. The molecule has 0 aliphatic heterocycles. The Bertz CT molecular complexity index is 689. The van der Waals surface area contributed by atoms with Gasteiger partial charge in [0, 0.05) is 18.1 Å². The topological polar surface area (TPSA) is 79.3 Å². The zero-order chi connectivity index (χ0) is 14.7. The van der Waals surface area contributed by atoms with Gasteiger partial charge in [-0.2, -0.15) is 0 Å². The molecule has 1 heterocycles. The van der Waals surface area contributed by atoms with Crippen LogP contribution >= 0.6 is 23.2 Å². The van der Waals surface area contributed by atoms with Gasteiger partial charge < -0.3 is 10.4 Å². The Morgan fingerprint density at radius 1 is 1.10 bits per heavy atom. The van der Waals surface area contributed by atoms with E-state index in [0.29, 0.717) is 10.7 Å². The lowest BCUT2D eigenvalue weighted by atomic mass is 10.1. The van der Waals surface area contributed by atoms with E-state index in [9.17, 15) is 9.59 Å². The first kappa shape index (κ1) is 14.3. The van der Waals surface area contributed by atoms with Crippen molar-refractivity contribution in [3.8, 4) is 0 Å². The lowest BCUT2D eigenvalue weighted by molar-refractivity contribution is 0.0692. The van der Waals surface area contributed by atoms with E-state index < -0.39 is 11.9 Å². The highest BCUT2D eigenvalue weighted by Crippen LogP contribution is 2.25. The molecule has 1 amide bonds. The molecule has 1 aromatic heterocycles. The molecule has 20 heavy (non-hydrogen) atoms. The number of anilines is 1. The van der Waals surface area contributed by atoms with Crippen molar-refractivity contribution in [2.24, 2.45) is 0 Å². The summed E-state index contributed by atoms with van der Waals surface area (Å²) in [4.78, 5) is 26.8. The van der Waals surface area contributed by atoms with Gasteiger partial charge in [0.15, 0.2) is 0 Å². The molecule has 2 aromatic rings. The third-order valence-electron chi connectivity index (χ3n) is 2.47. The molecule has 7 heteroatoms. The number of carboxylic acid groups (broad SMARTS) is 1. The predicted octanol–water partition coefficient (Wildman–Crippen LogP) is 3.34. The molecule has 2 rings (SSSR count). The quantitative estimate of drug-likeness (QED) is 0.911. The zero-order valence-electron chi connectivity index (χ0n) is 9.93. The molecule has 0 aliphatic carbocycles. The number of pyridine rings is 1. The molecule has 0 saturated carbocycles. The van der Waals surface area contributed by atoms with Gasteiger partial charge in [-0.15, -0.1) is 0 Å². The molecule has 0 bridgehead atoms. The molecule has 0 aliphatic rings. The number of nitrogens with one attached hydrogen (secondary N) is 1. The third kappa shape index (κ3) is 3.07. The van der Waals surface area contributed by atoms with Crippen LogP contribution in [0.3, 0.4) is 0 Å². The smallest absolute Gasteiger partial charge is 0.338 e. The molecule has 0 fully saturated rings. The minimum atomic E-state index is -1.22. The van der Waals surface area contributed by atoms with Gasteiger partial charge in [0.05, 0.1) is 21.2 Å². The Morgan fingerprint density at radius 3 is 2.50 bits per heavy atom. The van der Waals surface area contributed by atoms with E-state index in [0.717, 1.165) is 6.20 Å². The van der Waals surface area contributed by atoms with E-state index in [4.69, 9.17) is 28.3 Å². The zero-order valence-corrected chi connectivity index (χ0v) is 11.4. The SMILES string of the molecule is O=C(O)c1cnccc1C(=O)Nc1ccc(Cl)c(Cl)c1. The fraction of sp³-hybridized carbons (Fsp3) is 0. The largest absolute Gasteiger partial charge is 0.478 e. The van der Waals surface area contributed by atoms with Crippen LogP contribution in [0.2, 0.25) is 10.0 Å². The first-order valence-corrected chi connectivity index (χ1v) is 6.18. The summed E-state index contributed by atoms with van der Waals surface area (Å²) in [6, 6.07) is 5.90. The maximum Gasteiger partial charge on any atom is 0.338 e. The number of rotatable bonds is 3. The first-order chi connectivity index (χ1) is 9.49. The number of hydrogen-bond acceptors (Lipinski definition) is 3. The number of halogens is 2. The number of hydrogen-bond donors (Lipinski definition) is 2. The predicted molar refractivity (Wildman–Crippen MR) is 75.6 cm³/mol. The number of aromatic carboxylic acids is 1. The van der Waals surface area contributed by atoms with Crippen LogP contribution in [0.25, 0.3) is 0 Å². The van der Waals surface area contributed by atoms with E-state index in [1.54, 1.807) is 6.07 Å². The Balaban J connectivity index is 2.28. The van der Waals surface area contributed by atoms with E-state index >= 15 is 0 Å². The summed E-state index contributed by atoms with van der Waals surface area (Å²) >= 11 is 11.6. The summed E-state index contributed by atoms with van der Waals surface area (Å²) in [5.41, 5.74) is 0.251. The fourth-order valence-electron chi connectivity index (χ4n) is 1.54. The summed E-state index contributed by atoms with van der Waals surface area (Å²) in [7, 11) is 0.